The Morgan fingerprint density at radius 1 is 1.48 bits per heavy atom. The molecule has 21 heavy (non-hydrogen) atoms. The average molecular weight is 307 g/mol. The van der Waals surface area contributed by atoms with E-state index < -0.39 is 0 Å². The molecule has 0 saturated carbocycles. The minimum atomic E-state index is -0.0311. The molecule has 0 aliphatic carbocycles. The predicted octanol–water partition coefficient (Wildman–Crippen LogP) is 3.46. The van der Waals surface area contributed by atoms with E-state index >= 15 is 0 Å². The summed E-state index contributed by atoms with van der Waals surface area (Å²) in [7, 11) is 1.81. The highest BCUT2D eigenvalue weighted by Gasteiger charge is 2.21. The molecule has 1 amide bonds. The van der Waals surface area contributed by atoms with E-state index in [4.69, 9.17) is 16.3 Å². The number of amides is 1. The molecule has 0 unspecified atom stereocenters. The van der Waals surface area contributed by atoms with Gasteiger partial charge in [0, 0.05) is 36.1 Å². The number of hydrogen-bond donors (Lipinski definition) is 1. The number of nitrogens with zero attached hydrogens (tertiary/aromatic N) is 1. The van der Waals surface area contributed by atoms with Gasteiger partial charge in [0.25, 0.3) is 5.91 Å². The van der Waals surface area contributed by atoms with Gasteiger partial charge in [-0.3, -0.25) is 4.79 Å². The van der Waals surface area contributed by atoms with Crippen LogP contribution in [0.3, 0.4) is 0 Å². The molecule has 3 rings (SSSR count). The molecule has 112 valence electrons. The van der Waals surface area contributed by atoms with Crippen molar-refractivity contribution in [3.05, 3.63) is 35.0 Å². The number of carbonyl (C=O) groups excluding carboxylic acids is 1. The number of ether oxygens (including phenoxy) is 1. The lowest BCUT2D eigenvalue weighted by atomic mass is 10.1. The molecule has 5 heteroatoms. The van der Waals surface area contributed by atoms with Crippen LogP contribution in [0.15, 0.2) is 24.3 Å². The van der Waals surface area contributed by atoms with Crippen LogP contribution in [-0.4, -0.2) is 42.1 Å². The van der Waals surface area contributed by atoms with Gasteiger partial charge in [-0.15, -0.1) is 0 Å². The van der Waals surface area contributed by atoms with Crippen molar-refractivity contribution in [3.8, 4) is 0 Å². The minimum absolute atomic E-state index is 0.0311. The maximum atomic E-state index is 12.5. The summed E-state index contributed by atoms with van der Waals surface area (Å²) in [5.41, 5.74) is 1.45. The number of likely N-dealkylation sites (N-methyl/N-ethyl adjacent to an activating group) is 1. The van der Waals surface area contributed by atoms with Crippen molar-refractivity contribution >= 4 is 28.4 Å². The monoisotopic (exact) mass is 306 g/mol. The number of aromatic nitrogens is 1. The van der Waals surface area contributed by atoms with Gasteiger partial charge in [-0.1, -0.05) is 17.7 Å². The fraction of sp³-hybridized carbons (Fsp3) is 0.438. The zero-order valence-electron chi connectivity index (χ0n) is 12.1. The molecule has 0 bridgehead atoms. The van der Waals surface area contributed by atoms with E-state index in [1.54, 1.807) is 4.90 Å². The van der Waals surface area contributed by atoms with E-state index in [9.17, 15) is 4.79 Å². The Labute approximate surface area is 129 Å². The van der Waals surface area contributed by atoms with Crippen LogP contribution in [0.4, 0.5) is 0 Å². The number of carbonyl (C=O) groups is 1. The number of H-pyrrole nitrogens is 1. The molecule has 2 heterocycles. The van der Waals surface area contributed by atoms with E-state index in [1.807, 2.05) is 31.3 Å². The number of fused-ring (bicyclic) bond motifs is 1. The number of aromatic amines is 1. The van der Waals surface area contributed by atoms with Crippen LogP contribution in [0, 0.1) is 0 Å². The third kappa shape index (κ3) is 3.06. The summed E-state index contributed by atoms with van der Waals surface area (Å²) in [6.07, 6.45) is 3.47. The Morgan fingerprint density at radius 3 is 3.05 bits per heavy atom. The summed E-state index contributed by atoms with van der Waals surface area (Å²) >= 11 is 6.15. The first-order valence-electron chi connectivity index (χ1n) is 7.29. The molecule has 1 aromatic carbocycles. The summed E-state index contributed by atoms with van der Waals surface area (Å²) in [6.45, 7) is 1.43. The lowest BCUT2D eigenvalue weighted by Crippen LogP contribution is -2.37. The minimum Gasteiger partial charge on any atom is -0.376 e. The van der Waals surface area contributed by atoms with Crippen molar-refractivity contribution in [2.75, 3.05) is 20.2 Å². The molecular formula is C16H19ClN2O2. The van der Waals surface area contributed by atoms with Gasteiger partial charge in [-0.05, 0) is 37.5 Å². The number of benzene rings is 1. The topological polar surface area (TPSA) is 45.3 Å². The zero-order chi connectivity index (χ0) is 14.8. The summed E-state index contributed by atoms with van der Waals surface area (Å²) in [4.78, 5) is 17.4. The van der Waals surface area contributed by atoms with E-state index in [-0.39, 0.29) is 12.0 Å². The van der Waals surface area contributed by atoms with Gasteiger partial charge in [0.1, 0.15) is 5.69 Å². The fourth-order valence-corrected chi connectivity index (χ4v) is 3.01. The van der Waals surface area contributed by atoms with E-state index in [2.05, 4.69) is 4.98 Å². The third-order valence-corrected chi connectivity index (χ3v) is 4.27. The molecule has 0 spiro atoms. The van der Waals surface area contributed by atoms with Crippen molar-refractivity contribution < 1.29 is 9.53 Å². The first-order valence-corrected chi connectivity index (χ1v) is 7.67. The van der Waals surface area contributed by atoms with Crippen LogP contribution in [0.2, 0.25) is 5.02 Å². The SMILES string of the molecule is CN(C[C@H]1CCCCO1)C(=O)c1cc2c(Cl)cccc2[nH]1. The van der Waals surface area contributed by atoms with Crippen molar-refractivity contribution in [2.24, 2.45) is 0 Å². The second-order valence-corrected chi connectivity index (χ2v) is 5.97. The van der Waals surface area contributed by atoms with Gasteiger partial charge in [0.2, 0.25) is 0 Å². The second kappa shape index (κ2) is 6.08. The van der Waals surface area contributed by atoms with Gasteiger partial charge in [0.15, 0.2) is 0 Å². The summed E-state index contributed by atoms with van der Waals surface area (Å²) in [6, 6.07) is 7.43. The number of hydrogen-bond acceptors (Lipinski definition) is 2. The molecule has 4 nitrogen and oxygen atoms in total. The van der Waals surface area contributed by atoms with Gasteiger partial charge in [-0.2, -0.15) is 0 Å². The maximum absolute atomic E-state index is 12.5. The van der Waals surface area contributed by atoms with Crippen molar-refractivity contribution in [1.29, 1.82) is 0 Å². The first-order chi connectivity index (χ1) is 10.1. The van der Waals surface area contributed by atoms with Crippen molar-refractivity contribution in [2.45, 2.75) is 25.4 Å². The molecule has 1 fully saturated rings. The van der Waals surface area contributed by atoms with Crippen LogP contribution in [0.5, 0.6) is 0 Å². The Bertz CT molecular complexity index is 647. The number of halogens is 1. The molecule has 1 aromatic heterocycles. The molecular weight excluding hydrogens is 288 g/mol. The highest BCUT2D eigenvalue weighted by molar-refractivity contribution is 6.35. The number of rotatable bonds is 3. The third-order valence-electron chi connectivity index (χ3n) is 3.94. The summed E-state index contributed by atoms with van der Waals surface area (Å²) in [5.74, 6) is -0.0311. The molecule has 1 aliphatic heterocycles. The molecule has 2 aromatic rings. The van der Waals surface area contributed by atoms with Gasteiger partial charge < -0.3 is 14.6 Å². The Kier molecular flexibility index (Phi) is 4.17. The maximum Gasteiger partial charge on any atom is 0.270 e. The lowest BCUT2D eigenvalue weighted by molar-refractivity contribution is -0.000272. The second-order valence-electron chi connectivity index (χ2n) is 5.56. The molecule has 1 aliphatic rings. The summed E-state index contributed by atoms with van der Waals surface area (Å²) in [5, 5.41) is 1.53. The molecule has 0 radical (unpaired) electrons. The van der Waals surface area contributed by atoms with Crippen LogP contribution in [0.1, 0.15) is 29.8 Å². The number of nitrogens with one attached hydrogen (secondary N) is 1. The normalized spacial score (nSPS) is 18.9. The van der Waals surface area contributed by atoms with Gasteiger partial charge in [0.05, 0.1) is 6.10 Å². The quantitative estimate of drug-likeness (QED) is 0.944. The lowest BCUT2D eigenvalue weighted by Gasteiger charge is -2.27. The van der Waals surface area contributed by atoms with Crippen LogP contribution >= 0.6 is 11.6 Å². The fourth-order valence-electron chi connectivity index (χ4n) is 2.78. The molecule has 1 saturated heterocycles. The van der Waals surface area contributed by atoms with Crippen LogP contribution in [-0.2, 0) is 4.74 Å². The van der Waals surface area contributed by atoms with E-state index in [0.29, 0.717) is 17.3 Å². The summed E-state index contributed by atoms with van der Waals surface area (Å²) < 4.78 is 5.69. The van der Waals surface area contributed by atoms with Crippen LogP contribution in [0.25, 0.3) is 10.9 Å². The van der Waals surface area contributed by atoms with Crippen LogP contribution < -0.4 is 0 Å². The van der Waals surface area contributed by atoms with Gasteiger partial charge >= 0.3 is 0 Å². The molecule has 1 N–H and O–H groups in total. The van der Waals surface area contributed by atoms with E-state index in [1.165, 1.54) is 6.42 Å². The Balaban J connectivity index is 1.74. The zero-order valence-corrected chi connectivity index (χ0v) is 12.8. The highest BCUT2D eigenvalue weighted by atomic mass is 35.5. The Hall–Kier alpha value is -1.52. The van der Waals surface area contributed by atoms with Crippen molar-refractivity contribution in [3.63, 3.8) is 0 Å². The standard InChI is InChI=1S/C16H19ClN2O2/c1-19(10-11-5-2-3-8-21-11)16(20)15-9-12-13(17)6-4-7-14(12)18-15/h4,6-7,9,11,18H,2-3,5,8,10H2,1H3/t11-/m1/s1. The smallest absolute Gasteiger partial charge is 0.270 e. The largest absolute Gasteiger partial charge is 0.376 e. The Morgan fingerprint density at radius 2 is 2.33 bits per heavy atom. The first kappa shape index (κ1) is 14.4. The highest BCUT2D eigenvalue weighted by Crippen LogP contribution is 2.24. The van der Waals surface area contributed by atoms with Gasteiger partial charge in [-0.25, -0.2) is 0 Å². The molecule has 1 atom stereocenters. The van der Waals surface area contributed by atoms with E-state index in [0.717, 1.165) is 30.4 Å². The predicted molar refractivity (Wildman–Crippen MR) is 83.9 cm³/mol. The average Bonchev–Trinajstić information content (AvgIpc) is 2.93. The van der Waals surface area contributed by atoms with Crippen molar-refractivity contribution in [1.82, 2.24) is 9.88 Å².